The molecule has 1 aromatic carbocycles. The Labute approximate surface area is 192 Å². The molecule has 1 aliphatic rings. The fourth-order valence-electron chi connectivity index (χ4n) is 4.41. The molecule has 170 valence electrons. The Kier molecular flexibility index (Phi) is 7.01. The summed E-state index contributed by atoms with van der Waals surface area (Å²) in [6.07, 6.45) is 7.65. The molecule has 1 unspecified atom stereocenters. The van der Waals surface area contributed by atoms with Gasteiger partial charge >= 0.3 is 6.03 Å². The Morgan fingerprint density at radius 3 is 2.59 bits per heavy atom. The molecule has 2 N–H and O–H groups in total. The molecule has 4 rings (SSSR count). The molecule has 0 spiro atoms. The fraction of sp³-hybridized carbons (Fsp3) is 0.458. The van der Waals surface area contributed by atoms with Gasteiger partial charge in [0.2, 0.25) is 0 Å². The Morgan fingerprint density at radius 2 is 1.91 bits per heavy atom. The van der Waals surface area contributed by atoms with Crippen LogP contribution < -0.4 is 10.0 Å². The van der Waals surface area contributed by atoms with Gasteiger partial charge in [0, 0.05) is 18.3 Å². The smallest absolute Gasteiger partial charge is 0.356 e. The van der Waals surface area contributed by atoms with Crippen molar-refractivity contribution in [3.63, 3.8) is 0 Å². The van der Waals surface area contributed by atoms with E-state index in [0.717, 1.165) is 71.7 Å². The zero-order chi connectivity index (χ0) is 22.7. The average Bonchev–Trinajstić information content (AvgIpc) is 3.42. The molecule has 7 nitrogen and oxygen atoms in total. The van der Waals surface area contributed by atoms with Crippen LogP contribution >= 0.6 is 0 Å². The van der Waals surface area contributed by atoms with Gasteiger partial charge in [0.05, 0.1) is 34.1 Å². The van der Waals surface area contributed by atoms with Crippen LogP contribution in [0.2, 0.25) is 0 Å². The number of imidazole rings is 1. The molecular formula is C24H31N5O2S. The lowest BCUT2D eigenvalue weighted by molar-refractivity contribution is 0.246. The summed E-state index contributed by atoms with van der Waals surface area (Å²) in [6.45, 7) is 6.60. The summed E-state index contributed by atoms with van der Waals surface area (Å²) in [7, 11) is 0. The fourth-order valence-corrected chi connectivity index (χ4v) is 5.59. The van der Waals surface area contributed by atoms with Crippen LogP contribution in [0.3, 0.4) is 0 Å². The van der Waals surface area contributed by atoms with Crippen LogP contribution in [-0.2, 0) is 24.2 Å². The zero-order valence-corrected chi connectivity index (χ0v) is 19.8. The molecule has 2 heterocycles. The van der Waals surface area contributed by atoms with Gasteiger partial charge in [-0.15, -0.1) is 0 Å². The summed E-state index contributed by atoms with van der Waals surface area (Å²) < 4.78 is 16.9. The lowest BCUT2D eigenvalue weighted by Gasteiger charge is -2.16. The van der Waals surface area contributed by atoms with Gasteiger partial charge in [-0.25, -0.2) is 9.78 Å². The molecular weight excluding hydrogens is 422 g/mol. The predicted molar refractivity (Wildman–Crippen MR) is 128 cm³/mol. The number of rotatable bonds is 7. The van der Waals surface area contributed by atoms with Crippen LogP contribution in [0.4, 0.5) is 4.79 Å². The highest BCUT2D eigenvalue weighted by molar-refractivity contribution is 7.90. The topological polar surface area (TPSA) is 94.4 Å². The van der Waals surface area contributed by atoms with Gasteiger partial charge < -0.3 is 9.87 Å². The molecule has 32 heavy (non-hydrogen) atoms. The average molecular weight is 454 g/mol. The molecule has 1 saturated carbocycles. The van der Waals surface area contributed by atoms with E-state index in [1.165, 1.54) is 0 Å². The monoisotopic (exact) mass is 453 g/mol. The Hall–Kier alpha value is -2.58. The SMILES string of the molecule is CCc1nc2c(C)nc(C)cn2c1-c1ccc(CCNC(=O)N[S+]([O-])C2CCCC2)cc1. The highest BCUT2D eigenvalue weighted by Crippen LogP contribution is 2.27. The Bertz CT molecular complexity index is 1090. The van der Waals surface area contributed by atoms with E-state index in [1.807, 2.05) is 20.0 Å². The van der Waals surface area contributed by atoms with Crippen molar-refractivity contribution in [3.05, 3.63) is 53.1 Å². The van der Waals surface area contributed by atoms with Crippen LogP contribution in [0.15, 0.2) is 30.5 Å². The van der Waals surface area contributed by atoms with Gasteiger partial charge in [0.25, 0.3) is 0 Å². The molecule has 8 heteroatoms. The lowest BCUT2D eigenvalue weighted by atomic mass is 10.0. The molecule has 1 atom stereocenters. The second-order valence-corrected chi connectivity index (χ2v) is 9.90. The number of carbonyl (C=O) groups is 1. The normalized spacial score (nSPS) is 15.2. The second kappa shape index (κ2) is 9.92. The third kappa shape index (κ3) is 4.91. The van der Waals surface area contributed by atoms with Gasteiger partial charge in [-0.05, 0) is 57.9 Å². The van der Waals surface area contributed by atoms with Gasteiger partial charge in [-0.1, -0.05) is 31.2 Å². The maximum absolute atomic E-state index is 12.2. The minimum Gasteiger partial charge on any atom is -0.593 e. The van der Waals surface area contributed by atoms with E-state index in [2.05, 4.69) is 50.6 Å². The largest absolute Gasteiger partial charge is 0.593 e. The highest BCUT2D eigenvalue weighted by Gasteiger charge is 2.28. The molecule has 0 radical (unpaired) electrons. The van der Waals surface area contributed by atoms with Crippen LogP contribution in [0.25, 0.3) is 16.9 Å². The van der Waals surface area contributed by atoms with Gasteiger partial charge in [0.1, 0.15) is 5.25 Å². The van der Waals surface area contributed by atoms with E-state index in [0.29, 0.717) is 13.0 Å². The zero-order valence-electron chi connectivity index (χ0n) is 19.0. The number of aromatic nitrogens is 3. The molecule has 1 fully saturated rings. The van der Waals surface area contributed by atoms with Crippen LogP contribution in [0.1, 0.15) is 55.3 Å². The van der Waals surface area contributed by atoms with Crippen molar-refractivity contribution < 1.29 is 9.35 Å². The number of amides is 2. The second-order valence-electron chi connectivity index (χ2n) is 8.43. The van der Waals surface area contributed by atoms with Crippen molar-refractivity contribution in [1.82, 2.24) is 24.4 Å². The summed E-state index contributed by atoms with van der Waals surface area (Å²) in [5.41, 5.74) is 7.20. The maximum Gasteiger partial charge on any atom is 0.356 e. The number of hydrogen-bond acceptors (Lipinski definition) is 4. The van der Waals surface area contributed by atoms with Gasteiger partial charge in [0.15, 0.2) is 5.65 Å². The molecule has 0 bridgehead atoms. The quantitative estimate of drug-likeness (QED) is 0.528. The Balaban J connectivity index is 1.39. The standard InChI is InChI=1S/C24H31N5O2S/c1-4-21-22(29-15-16(2)26-17(3)23(29)27-21)19-11-9-18(10-12-19)13-14-25-24(30)28-32(31)20-7-5-6-8-20/h9-12,15,20H,4-8,13-14H2,1-3H3,(H2,25,28,30). The first-order chi connectivity index (χ1) is 15.5. The number of urea groups is 1. The van der Waals surface area contributed by atoms with Crippen molar-refractivity contribution in [2.75, 3.05) is 6.54 Å². The third-order valence-electron chi connectivity index (χ3n) is 6.03. The molecule has 2 amide bonds. The summed E-state index contributed by atoms with van der Waals surface area (Å²) in [5.74, 6) is 0. The number of aryl methyl sites for hydroxylation is 3. The van der Waals surface area contributed by atoms with E-state index in [-0.39, 0.29) is 11.3 Å². The number of nitrogens with one attached hydrogen (secondary N) is 2. The summed E-state index contributed by atoms with van der Waals surface area (Å²) in [6, 6.07) is 8.04. The molecule has 3 aromatic rings. The van der Waals surface area contributed by atoms with Crippen molar-refractivity contribution in [3.8, 4) is 11.3 Å². The first kappa shape index (κ1) is 22.6. The summed E-state index contributed by atoms with van der Waals surface area (Å²) in [5, 5.41) is 2.92. The highest BCUT2D eigenvalue weighted by atomic mass is 32.2. The maximum atomic E-state index is 12.2. The molecule has 0 saturated heterocycles. The van der Waals surface area contributed by atoms with Crippen molar-refractivity contribution in [1.29, 1.82) is 0 Å². The summed E-state index contributed by atoms with van der Waals surface area (Å²) >= 11 is -1.29. The number of hydrogen-bond donors (Lipinski definition) is 2. The van der Waals surface area contributed by atoms with E-state index < -0.39 is 11.4 Å². The van der Waals surface area contributed by atoms with Crippen LogP contribution in [0.5, 0.6) is 0 Å². The molecule has 0 aliphatic heterocycles. The van der Waals surface area contributed by atoms with Crippen LogP contribution in [-0.4, -0.2) is 36.7 Å². The van der Waals surface area contributed by atoms with Crippen LogP contribution in [0, 0.1) is 13.8 Å². The molecule has 1 aliphatic carbocycles. The third-order valence-corrected chi connectivity index (χ3v) is 7.49. The minimum atomic E-state index is -1.29. The first-order valence-electron chi connectivity index (χ1n) is 11.4. The first-order valence-corrected chi connectivity index (χ1v) is 12.6. The van der Waals surface area contributed by atoms with E-state index in [1.54, 1.807) is 0 Å². The number of benzene rings is 1. The van der Waals surface area contributed by atoms with Gasteiger partial charge in [-0.2, -0.15) is 4.72 Å². The number of fused-ring (bicyclic) bond motifs is 1. The van der Waals surface area contributed by atoms with E-state index in [9.17, 15) is 9.35 Å². The van der Waals surface area contributed by atoms with Crippen molar-refractivity contribution in [2.45, 2.75) is 64.5 Å². The van der Waals surface area contributed by atoms with Gasteiger partial charge in [-0.3, -0.25) is 9.38 Å². The van der Waals surface area contributed by atoms with Crippen molar-refractivity contribution in [2.24, 2.45) is 0 Å². The summed E-state index contributed by atoms with van der Waals surface area (Å²) in [4.78, 5) is 21.4. The number of nitrogens with zero attached hydrogens (tertiary/aromatic N) is 3. The lowest BCUT2D eigenvalue weighted by Crippen LogP contribution is -2.43. The van der Waals surface area contributed by atoms with Crippen molar-refractivity contribution >= 4 is 23.0 Å². The Morgan fingerprint density at radius 1 is 1.19 bits per heavy atom. The minimum absolute atomic E-state index is 0.101. The molecule has 2 aromatic heterocycles. The van der Waals surface area contributed by atoms with E-state index in [4.69, 9.17) is 4.98 Å². The number of carbonyl (C=O) groups excluding carboxylic acids is 1. The van der Waals surface area contributed by atoms with E-state index >= 15 is 0 Å². The predicted octanol–water partition coefficient (Wildman–Crippen LogP) is 4.02.